The van der Waals surface area contributed by atoms with Crippen LogP contribution in [0.15, 0.2) is 40.6 Å². The number of hydrogen-bond donors (Lipinski definition) is 0. The fraction of sp³-hybridized carbons (Fsp3) is 0.654. The van der Waals surface area contributed by atoms with Gasteiger partial charge >= 0.3 is 0 Å². The molecule has 3 aliphatic rings. The lowest BCUT2D eigenvalue weighted by Crippen LogP contribution is -2.08. The maximum atomic E-state index is 11.1. The second-order valence-corrected chi connectivity index (χ2v) is 9.69. The first-order chi connectivity index (χ1) is 13.7. The summed E-state index contributed by atoms with van der Waals surface area (Å²) in [6, 6.07) is 0. The molecular formula is C26H41NO2. The molecule has 1 unspecified atom stereocenters. The SMILES string of the molecule is CC(C)CC1=CC=CC1.CC(C)CC1=CN=CC1.CC(C)CC1CC(=O)CC1=O. The van der Waals surface area contributed by atoms with Crippen molar-refractivity contribution < 1.29 is 9.59 Å². The molecule has 3 heteroatoms. The van der Waals surface area contributed by atoms with E-state index < -0.39 is 0 Å². The van der Waals surface area contributed by atoms with Crippen molar-refractivity contribution in [1.29, 1.82) is 0 Å². The van der Waals surface area contributed by atoms with Crippen molar-refractivity contribution in [3.8, 4) is 0 Å². The molecule has 0 aromatic heterocycles. The second kappa shape index (κ2) is 13.5. The number of nitrogens with zero attached hydrogens (tertiary/aromatic N) is 1. The van der Waals surface area contributed by atoms with Crippen molar-refractivity contribution in [3.05, 3.63) is 35.6 Å². The second-order valence-electron chi connectivity index (χ2n) is 9.69. The molecule has 3 nitrogen and oxygen atoms in total. The molecule has 162 valence electrons. The van der Waals surface area contributed by atoms with Crippen molar-refractivity contribution in [3.63, 3.8) is 0 Å². The van der Waals surface area contributed by atoms with Crippen LogP contribution in [0.1, 0.15) is 86.5 Å². The molecule has 29 heavy (non-hydrogen) atoms. The van der Waals surface area contributed by atoms with E-state index in [4.69, 9.17) is 0 Å². The smallest absolute Gasteiger partial charge is 0.143 e. The highest BCUT2D eigenvalue weighted by Gasteiger charge is 2.30. The molecule has 0 aromatic carbocycles. The maximum Gasteiger partial charge on any atom is 0.143 e. The van der Waals surface area contributed by atoms with Gasteiger partial charge in [-0.15, -0.1) is 0 Å². The zero-order valence-electron chi connectivity index (χ0n) is 19.4. The third-order valence-corrected chi connectivity index (χ3v) is 4.96. The van der Waals surface area contributed by atoms with Gasteiger partial charge in [-0.3, -0.25) is 14.6 Å². The van der Waals surface area contributed by atoms with Gasteiger partial charge in [0.2, 0.25) is 0 Å². The minimum Gasteiger partial charge on any atom is -0.299 e. The number of aliphatic imine (C=N–C) groups is 1. The number of ketones is 2. The van der Waals surface area contributed by atoms with E-state index in [9.17, 15) is 9.59 Å². The molecule has 0 amide bonds. The molecule has 0 spiro atoms. The van der Waals surface area contributed by atoms with Gasteiger partial charge in [0.15, 0.2) is 0 Å². The number of carbonyl (C=O) groups is 2. The molecule has 0 bridgehead atoms. The molecule has 0 radical (unpaired) electrons. The Labute approximate surface area is 178 Å². The Morgan fingerprint density at radius 2 is 1.59 bits per heavy atom. The fourth-order valence-corrected chi connectivity index (χ4v) is 3.79. The van der Waals surface area contributed by atoms with Crippen LogP contribution in [0.4, 0.5) is 0 Å². The van der Waals surface area contributed by atoms with Gasteiger partial charge in [0.1, 0.15) is 11.6 Å². The van der Waals surface area contributed by atoms with Gasteiger partial charge in [-0.25, -0.2) is 0 Å². The molecule has 1 heterocycles. The summed E-state index contributed by atoms with van der Waals surface area (Å²) in [6.07, 6.45) is 16.9. The third-order valence-electron chi connectivity index (χ3n) is 4.96. The van der Waals surface area contributed by atoms with Crippen LogP contribution in [0.2, 0.25) is 0 Å². The molecular weight excluding hydrogens is 358 g/mol. The Balaban J connectivity index is 0.000000219. The van der Waals surface area contributed by atoms with Gasteiger partial charge in [0.25, 0.3) is 0 Å². The van der Waals surface area contributed by atoms with Crippen molar-refractivity contribution in [2.75, 3.05) is 0 Å². The third kappa shape index (κ3) is 11.7. The van der Waals surface area contributed by atoms with Gasteiger partial charge in [-0.1, -0.05) is 65.3 Å². The summed E-state index contributed by atoms with van der Waals surface area (Å²) in [6.45, 7) is 13.2. The van der Waals surface area contributed by atoms with Crippen molar-refractivity contribution in [2.24, 2.45) is 28.7 Å². The summed E-state index contributed by atoms with van der Waals surface area (Å²) >= 11 is 0. The van der Waals surface area contributed by atoms with Crippen LogP contribution in [0.25, 0.3) is 0 Å². The predicted molar refractivity (Wildman–Crippen MR) is 124 cm³/mol. The Hall–Kier alpha value is -1.77. The number of Topliss-reactive ketones (excluding diaryl/α,β-unsaturated/α-hetero) is 2. The number of rotatable bonds is 6. The van der Waals surface area contributed by atoms with Crippen molar-refractivity contribution in [1.82, 2.24) is 0 Å². The van der Waals surface area contributed by atoms with E-state index in [1.165, 1.54) is 24.8 Å². The van der Waals surface area contributed by atoms with E-state index >= 15 is 0 Å². The van der Waals surface area contributed by atoms with Crippen LogP contribution in [0, 0.1) is 23.7 Å². The zero-order chi connectivity index (χ0) is 21.8. The molecule has 0 aromatic rings. The minimum atomic E-state index is 0.0440. The molecule has 1 aliphatic heterocycles. The average molecular weight is 400 g/mol. The standard InChI is InChI=1S/C9H14O2.C9H14.C8H13N/c1-6(2)3-7-4-8(10)5-9(7)11;1-8(2)7-9-5-3-4-6-9;1-7(2)5-8-3-4-9-6-8/h6-7H,3-5H2,1-2H3;3-5,8H,6-7H2,1-2H3;4,6-7H,3,5H2,1-2H3. The van der Waals surface area contributed by atoms with Gasteiger partial charge < -0.3 is 0 Å². The highest BCUT2D eigenvalue weighted by Crippen LogP contribution is 2.24. The predicted octanol–water partition coefficient (Wildman–Crippen LogP) is 6.89. The lowest BCUT2D eigenvalue weighted by atomic mass is 9.95. The Morgan fingerprint density at radius 3 is 2.00 bits per heavy atom. The zero-order valence-corrected chi connectivity index (χ0v) is 19.4. The minimum absolute atomic E-state index is 0.0440. The van der Waals surface area contributed by atoms with Crippen molar-refractivity contribution >= 4 is 17.8 Å². The van der Waals surface area contributed by atoms with Crippen LogP contribution in [-0.4, -0.2) is 17.8 Å². The molecule has 1 saturated carbocycles. The van der Waals surface area contributed by atoms with E-state index in [0.717, 1.165) is 24.7 Å². The highest BCUT2D eigenvalue weighted by atomic mass is 16.2. The number of hydrogen-bond acceptors (Lipinski definition) is 3. The van der Waals surface area contributed by atoms with E-state index in [0.29, 0.717) is 12.3 Å². The summed E-state index contributed by atoms with van der Waals surface area (Å²) < 4.78 is 0. The van der Waals surface area contributed by atoms with E-state index in [1.54, 1.807) is 5.57 Å². The molecule has 0 N–H and O–H groups in total. The summed E-state index contributed by atoms with van der Waals surface area (Å²) in [7, 11) is 0. The first kappa shape index (κ1) is 25.3. The quantitative estimate of drug-likeness (QED) is 0.456. The maximum absolute atomic E-state index is 11.1. The molecule has 2 aliphatic carbocycles. The summed E-state index contributed by atoms with van der Waals surface area (Å²) in [5.41, 5.74) is 3.06. The van der Waals surface area contributed by atoms with Crippen LogP contribution in [0.3, 0.4) is 0 Å². The normalized spacial score (nSPS) is 20.1. The van der Waals surface area contributed by atoms with Gasteiger partial charge in [0, 0.05) is 31.2 Å². The summed E-state index contributed by atoms with van der Waals surface area (Å²) in [4.78, 5) is 26.0. The van der Waals surface area contributed by atoms with Crippen molar-refractivity contribution in [2.45, 2.75) is 86.5 Å². The van der Waals surface area contributed by atoms with Crippen LogP contribution in [-0.2, 0) is 9.59 Å². The van der Waals surface area contributed by atoms with E-state index in [2.05, 4.69) is 64.8 Å². The lowest BCUT2D eigenvalue weighted by molar-refractivity contribution is -0.122. The number of carbonyl (C=O) groups excluding carboxylic acids is 2. The Morgan fingerprint density at radius 1 is 0.931 bits per heavy atom. The molecule has 1 atom stereocenters. The lowest BCUT2D eigenvalue weighted by Gasteiger charge is -2.08. The highest BCUT2D eigenvalue weighted by molar-refractivity contribution is 6.06. The van der Waals surface area contributed by atoms with E-state index in [-0.39, 0.29) is 23.9 Å². The Bertz CT molecular complexity index is 612. The molecule has 1 fully saturated rings. The molecule has 0 saturated heterocycles. The average Bonchev–Trinajstić information content (AvgIpc) is 3.32. The summed E-state index contributed by atoms with van der Waals surface area (Å²) in [5.74, 6) is 2.44. The van der Waals surface area contributed by atoms with Crippen LogP contribution < -0.4 is 0 Å². The van der Waals surface area contributed by atoms with Crippen LogP contribution >= 0.6 is 0 Å². The van der Waals surface area contributed by atoms with Gasteiger partial charge in [-0.05, 0) is 49.0 Å². The fourth-order valence-electron chi connectivity index (χ4n) is 3.79. The number of allylic oxidation sites excluding steroid dienone is 5. The first-order valence-corrected chi connectivity index (χ1v) is 11.3. The van der Waals surface area contributed by atoms with Crippen LogP contribution in [0.5, 0.6) is 0 Å². The first-order valence-electron chi connectivity index (χ1n) is 11.3. The largest absolute Gasteiger partial charge is 0.299 e. The van der Waals surface area contributed by atoms with Gasteiger partial charge in [-0.2, -0.15) is 0 Å². The van der Waals surface area contributed by atoms with Gasteiger partial charge in [0.05, 0.1) is 6.42 Å². The topological polar surface area (TPSA) is 46.5 Å². The summed E-state index contributed by atoms with van der Waals surface area (Å²) in [5, 5.41) is 0. The monoisotopic (exact) mass is 399 g/mol. The molecule has 3 rings (SSSR count). The van der Waals surface area contributed by atoms with E-state index in [1.807, 2.05) is 12.4 Å². The Kier molecular flexibility index (Phi) is 11.7.